The zero-order valence-electron chi connectivity index (χ0n) is 14.2. The summed E-state index contributed by atoms with van der Waals surface area (Å²) in [4.78, 5) is 0. The second-order valence-corrected chi connectivity index (χ2v) is 8.46. The van der Waals surface area contributed by atoms with Crippen LogP contribution >= 0.6 is 0 Å². The molecule has 0 spiro atoms. The minimum Gasteiger partial charge on any atom is -0.389 e. The number of aliphatic hydroxyl groups is 1. The van der Waals surface area contributed by atoms with Gasteiger partial charge < -0.3 is 10.4 Å². The third kappa shape index (κ3) is 4.55. The molecule has 0 unspecified atom stereocenters. The Labute approximate surface area is 128 Å². The molecule has 1 aliphatic rings. The van der Waals surface area contributed by atoms with Crippen LogP contribution in [0.2, 0.25) is 0 Å². The molecule has 0 saturated heterocycles. The summed E-state index contributed by atoms with van der Waals surface area (Å²) >= 11 is 0. The summed E-state index contributed by atoms with van der Waals surface area (Å²) in [6.45, 7) is 12.4. The maximum atomic E-state index is 10.6. The summed E-state index contributed by atoms with van der Waals surface area (Å²) in [5.41, 5.74) is 1.05. The van der Waals surface area contributed by atoms with E-state index in [0.29, 0.717) is 12.0 Å². The van der Waals surface area contributed by atoms with Crippen LogP contribution in [0.1, 0.15) is 65.9 Å². The fourth-order valence-electron chi connectivity index (χ4n) is 2.83. The lowest BCUT2D eigenvalue weighted by atomic mass is 9.71. The first-order valence-electron chi connectivity index (χ1n) is 8.07. The highest BCUT2D eigenvalue weighted by molar-refractivity contribution is 5.05. The second-order valence-electron chi connectivity index (χ2n) is 8.46. The second kappa shape index (κ2) is 5.73. The van der Waals surface area contributed by atoms with Crippen molar-refractivity contribution in [2.45, 2.75) is 78.0 Å². The van der Waals surface area contributed by atoms with Gasteiger partial charge in [0.1, 0.15) is 0 Å². The van der Waals surface area contributed by atoms with Gasteiger partial charge in [-0.25, -0.2) is 0 Å². The standard InChI is InChI=1S/C17H31N3O/c1-15(2,3)20-12-14(11-19-20)10-18-13-17(21)8-6-16(4,5)7-9-17/h11-12,18,21H,6-10,13H2,1-5H3. The topological polar surface area (TPSA) is 50.1 Å². The van der Waals surface area contributed by atoms with E-state index in [1.165, 1.54) is 5.56 Å². The van der Waals surface area contributed by atoms with Gasteiger partial charge in [0, 0.05) is 24.8 Å². The van der Waals surface area contributed by atoms with E-state index in [1.807, 2.05) is 10.9 Å². The molecule has 1 aromatic heterocycles. The molecule has 0 radical (unpaired) electrons. The van der Waals surface area contributed by atoms with Gasteiger partial charge in [-0.05, 0) is 51.9 Å². The smallest absolute Gasteiger partial charge is 0.0772 e. The molecule has 4 heteroatoms. The van der Waals surface area contributed by atoms with E-state index in [4.69, 9.17) is 0 Å². The Hall–Kier alpha value is -0.870. The van der Waals surface area contributed by atoms with Gasteiger partial charge >= 0.3 is 0 Å². The van der Waals surface area contributed by atoms with Gasteiger partial charge in [0.2, 0.25) is 0 Å². The monoisotopic (exact) mass is 293 g/mol. The van der Waals surface area contributed by atoms with E-state index in [-0.39, 0.29) is 5.54 Å². The molecule has 0 aliphatic heterocycles. The van der Waals surface area contributed by atoms with E-state index < -0.39 is 5.60 Å². The summed E-state index contributed by atoms with van der Waals surface area (Å²) < 4.78 is 1.99. The summed E-state index contributed by atoms with van der Waals surface area (Å²) in [6, 6.07) is 0. The third-order valence-corrected chi connectivity index (χ3v) is 4.64. The van der Waals surface area contributed by atoms with Gasteiger partial charge in [-0.3, -0.25) is 4.68 Å². The van der Waals surface area contributed by atoms with Crippen LogP contribution in [0.5, 0.6) is 0 Å². The average Bonchev–Trinajstić information content (AvgIpc) is 2.83. The Bertz CT molecular complexity index is 461. The van der Waals surface area contributed by atoms with Gasteiger partial charge in [-0.2, -0.15) is 5.10 Å². The lowest BCUT2D eigenvalue weighted by Gasteiger charge is -2.40. The first-order chi connectivity index (χ1) is 9.60. The van der Waals surface area contributed by atoms with Crippen molar-refractivity contribution in [3.8, 4) is 0 Å². The van der Waals surface area contributed by atoms with Crippen LogP contribution in [0, 0.1) is 5.41 Å². The van der Waals surface area contributed by atoms with E-state index >= 15 is 0 Å². The molecule has 0 atom stereocenters. The molecule has 0 aromatic carbocycles. The molecule has 21 heavy (non-hydrogen) atoms. The largest absolute Gasteiger partial charge is 0.389 e. The summed E-state index contributed by atoms with van der Waals surface area (Å²) in [5, 5.41) is 18.4. The van der Waals surface area contributed by atoms with Gasteiger partial charge in [0.25, 0.3) is 0 Å². The Balaban J connectivity index is 1.81. The molecule has 1 fully saturated rings. The zero-order valence-corrected chi connectivity index (χ0v) is 14.2. The van der Waals surface area contributed by atoms with Crippen LogP contribution in [0.3, 0.4) is 0 Å². The van der Waals surface area contributed by atoms with Crippen LogP contribution in [-0.2, 0) is 12.1 Å². The minimum absolute atomic E-state index is 0.0192. The lowest BCUT2D eigenvalue weighted by molar-refractivity contribution is -0.0245. The summed E-state index contributed by atoms with van der Waals surface area (Å²) in [5.74, 6) is 0. The Morgan fingerprint density at radius 2 is 1.86 bits per heavy atom. The quantitative estimate of drug-likeness (QED) is 0.897. The number of nitrogens with one attached hydrogen (secondary N) is 1. The predicted molar refractivity (Wildman–Crippen MR) is 86.1 cm³/mol. The number of nitrogens with zero attached hydrogens (tertiary/aromatic N) is 2. The fraction of sp³-hybridized carbons (Fsp3) is 0.824. The normalized spacial score (nSPS) is 21.4. The van der Waals surface area contributed by atoms with E-state index in [2.05, 4.69) is 51.2 Å². The van der Waals surface area contributed by atoms with Crippen molar-refractivity contribution < 1.29 is 5.11 Å². The number of rotatable bonds is 4. The predicted octanol–water partition coefficient (Wildman–Crippen LogP) is 3.06. The highest BCUT2D eigenvalue weighted by atomic mass is 16.3. The molecule has 0 bridgehead atoms. The molecule has 0 amide bonds. The van der Waals surface area contributed by atoms with Crippen molar-refractivity contribution in [2.75, 3.05) is 6.54 Å². The Morgan fingerprint density at radius 3 is 2.38 bits per heavy atom. The molecular weight excluding hydrogens is 262 g/mol. The van der Waals surface area contributed by atoms with Crippen LogP contribution in [-0.4, -0.2) is 27.0 Å². The van der Waals surface area contributed by atoms with E-state index in [9.17, 15) is 5.11 Å². The third-order valence-electron chi connectivity index (χ3n) is 4.64. The van der Waals surface area contributed by atoms with Crippen LogP contribution in [0.15, 0.2) is 12.4 Å². The highest BCUT2D eigenvalue weighted by Gasteiger charge is 2.36. The number of hydrogen-bond donors (Lipinski definition) is 2. The molecule has 1 heterocycles. The SMILES string of the molecule is CC1(C)CCC(O)(CNCc2cnn(C(C)(C)C)c2)CC1. The van der Waals surface area contributed by atoms with Gasteiger partial charge in [-0.15, -0.1) is 0 Å². The average molecular weight is 293 g/mol. The molecular formula is C17H31N3O. The molecule has 2 N–H and O–H groups in total. The molecule has 4 nitrogen and oxygen atoms in total. The van der Waals surface area contributed by atoms with Gasteiger partial charge in [0.15, 0.2) is 0 Å². The summed E-state index contributed by atoms with van der Waals surface area (Å²) in [7, 11) is 0. The van der Waals surface area contributed by atoms with E-state index in [0.717, 1.165) is 32.2 Å². The van der Waals surface area contributed by atoms with Gasteiger partial charge in [-0.1, -0.05) is 13.8 Å². The fourth-order valence-corrected chi connectivity index (χ4v) is 2.83. The van der Waals surface area contributed by atoms with Crippen molar-refractivity contribution in [2.24, 2.45) is 5.41 Å². The molecule has 2 rings (SSSR count). The Kier molecular flexibility index (Phi) is 4.50. The van der Waals surface area contributed by atoms with Gasteiger partial charge in [0.05, 0.1) is 17.3 Å². The van der Waals surface area contributed by atoms with Crippen molar-refractivity contribution in [1.82, 2.24) is 15.1 Å². The molecule has 1 aliphatic carbocycles. The van der Waals surface area contributed by atoms with Crippen molar-refractivity contribution in [3.63, 3.8) is 0 Å². The zero-order chi connectivity index (χ0) is 15.7. The van der Waals surface area contributed by atoms with Crippen molar-refractivity contribution in [1.29, 1.82) is 0 Å². The Morgan fingerprint density at radius 1 is 1.24 bits per heavy atom. The molecule has 120 valence electrons. The minimum atomic E-state index is -0.532. The maximum Gasteiger partial charge on any atom is 0.0772 e. The van der Waals surface area contributed by atoms with Crippen molar-refractivity contribution in [3.05, 3.63) is 18.0 Å². The van der Waals surface area contributed by atoms with E-state index in [1.54, 1.807) is 0 Å². The molecule has 1 aromatic rings. The first kappa shape index (κ1) is 16.5. The van der Waals surface area contributed by atoms with Crippen molar-refractivity contribution >= 4 is 0 Å². The highest BCUT2D eigenvalue weighted by Crippen LogP contribution is 2.39. The van der Waals surface area contributed by atoms with Crippen LogP contribution in [0.25, 0.3) is 0 Å². The van der Waals surface area contributed by atoms with Crippen LogP contribution in [0.4, 0.5) is 0 Å². The number of hydrogen-bond acceptors (Lipinski definition) is 3. The molecule has 1 saturated carbocycles. The van der Waals surface area contributed by atoms with Crippen LogP contribution < -0.4 is 5.32 Å². The summed E-state index contributed by atoms with van der Waals surface area (Å²) in [6.07, 6.45) is 8.00. The lowest BCUT2D eigenvalue weighted by Crippen LogP contribution is -2.44. The number of aromatic nitrogens is 2. The first-order valence-corrected chi connectivity index (χ1v) is 8.07. The maximum absolute atomic E-state index is 10.6.